The van der Waals surface area contributed by atoms with E-state index in [-0.39, 0.29) is 10.6 Å². The number of ketones is 1. The Kier molecular flexibility index (Phi) is 4.42. The van der Waals surface area contributed by atoms with Gasteiger partial charge in [0.25, 0.3) is 0 Å². The molecule has 0 amide bonds. The van der Waals surface area contributed by atoms with Gasteiger partial charge in [-0.05, 0) is 24.6 Å². The molecule has 4 heteroatoms. The molecule has 0 spiro atoms. The number of carbonyl (C=O) groups is 1. The zero-order chi connectivity index (χ0) is 10.7. The van der Waals surface area contributed by atoms with E-state index in [1.807, 2.05) is 6.92 Å². The molecule has 0 heterocycles. The van der Waals surface area contributed by atoms with Gasteiger partial charge in [-0.3, -0.25) is 4.79 Å². The number of benzene rings is 1. The number of carbonyl (C=O) groups excluding carboxylic acids is 1. The third-order valence-corrected chi connectivity index (χ3v) is 3.65. The zero-order valence-corrected chi connectivity index (χ0v) is 10.7. The first-order valence-corrected chi connectivity index (χ1v) is 5.86. The van der Waals surface area contributed by atoms with Gasteiger partial charge in [0.1, 0.15) is 0 Å². The van der Waals surface area contributed by atoms with Crippen molar-refractivity contribution in [3.63, 3.8) is 0 Å². The fourth-order valence-corrected chi connectivity index (χ4v) is 1.58. The maximum Gasteiger partial charge on any atom is 0.176 e. The molecule has 0 bridgehead atoms. The van der Waals surface area contributed by atoms with Crippen LogP contribution < -0.4 is 0 Å². The maximum absolute atomic E-state index is 11.7. The molecule has 1 atom stereocenters. The van der Waals surface area contributed by atoms with Crippen LogP contribution in [-0.2, 0) is 0 Å². The van der Waals surface area contributed by atoms with Crippen LogP contribution in [0.5, 0.6) is 0 Å². The summed E-state index contributed by atoms with van der Waals surface area (Å²) in [5.74, 6) is 0.0334. The van der Waals surface area contributed by atoms with Crippen molar-refractivity contribution >= 4 is 44.9 Å². The van der Waals surface area contributed by atoms with E-state index in [4.69, 9.17) is 23.2 Å². The number of rotatable bonds is 3. The molecule has 0 unspecified atom stereocenters. The summed E-state index contributed by atoms with van der Waals surface area (Å²) in [6.45, 7) is 1.94. The molecule has 0 aliphatic heterocycles. The molecule has 0 saturated heterocycles. The third-order valence-electron chi connectivity index (χ3n) is 1.85. The molecule has 0 fully saturated rings. The van der Waals surface area contributed by atoms with E-state index in [9.17, 15) is 4.79 Å². The van der Waals surface area contributed by atoms with Crippen LogP contribution in [0.2, 0.25) is 10.0 Å². The van der Waals surface area contributed by atoms with Crippen molar-refractivity contribution in [2.75, 3.05) is 0 Å². The van der Waals surface area contributed by atoms with Gasteiger partial charge in [0.15, 0.2) is 5.78 Å². The summed E-state index contributed by atoms with van der Waals surface area (Å²) >= 11 is 14.8. The lowest BCUT2D eigenvalue weighted by Crippen LogP contribution is -2.12. The molecule has 1 aromatic rings. The highest BCUT2D eigenvalue weighted by Crippen LogP contribution is 2.24. The second-order valence-corrected chi connectivity index (χ2v) is 4.79. The minimum absolute atomic E-state index is 0.0334. The van der Waals surface area contributed by atoms with E-state index >= 15 is 0 Å². The molecular weight excluding hydrogens is 287 g/mol. The lowest BCUT2D eigenvalue weighted by molar-refractivity contribution is 0.0990. The Hall–Kier alpha value is -0.0500. The van der Waals surface area contributed by atoms with E-state index in [2.05, 4.69) is 15.9 Å². The Bertz CT molecular complexity index is 352. The van der Waals surface area contributed by atoms with Crippen molar-refractivity contribution in [1.82, 2.24) is 0 Å². The van der Waals surface area contributed by atoms with Gasteiger partial charge in [-0.1, -0.05) is 46.1 Å². The summed E-state index contributed by atoms with van der Waals surface area (Å²) in [5, 5.41) is 0.874. The van der Waals surface area contributed by atoms with Crippen LogP contribution in [0.1, 0.15) is 23.7 Å². The standard InChI is InChI=1S/C10H9BrCl2O/c1-2-7(11)10(14)6-3-4-8(12)9(13)5-6/h3-5,7H,2H2,1H3/t7-/m1/s1. The molecule has 0 aromatic heterocycles. The summed E-state index contributed by atoms with van der Waals surface area (Å²) < 4.78 is 0. The topological polar surface area (TPSA) is 17.1 Å². The van der Waals surface area contributed by atoms with Gasteiger partial charge in [0.2, 0.25) is 0 Å². The highest BCUT2D eigenvalue weighted by Gasteiger charge is 2.15. The van der Waals surface area contributed by atoms with Gasteiger partial charge >= 0.3 is 0 Å². The molecule has 0 radical (unpaired) electrons. The minimum atomic E-state index is -0.153. The molecule has 0 N–H and O–H groups in total. The SMILES string of the molecule is CC[C@@H](Br)C(=O)c1ccc(Cl)c(Cl)c1. The van der Waals surface area contributed by atoms with Crippen molar-refractivity contribution in [1.29, 1.82) is 0 Å². The van der Waals surface area contributed by atoms with Crippen LogP contribution in [0.15, 0.2) is 18.2 Å². The second-order valence-electron chi connectivity index (χ2n) is 2.87. The van der Waals surface area contributed by atoms with Gasteiger partial charge < -0.3 is 0 Å². The number of hydrogen-bond donors (Lipinski definition) is 0. The molecule has 0 aliphatic carbocycles. The van der Waals surface area contributed by atoms with Crippen LogP contribution in [0.25, 0.3) is 0 Å². The van der Waals surface area contributed by atoms with Crippen molar-refractivity contribution in [3.05, 3.63) is 33.8 Å². The third kappa shape index (κ3) is 2.72. The number of alkyl halides is 1. The summed E-state index contributed by atoms with van der Waals surface area (Å²) in [6, 6.07) is 4.91. The van der Waals surface area contributed by atoms with E-state index in [0.717, 1.165) is 6.42 Å². The van der Waals surface area contributed by atoms with Crippen molar-refractivity contribution < 1.29 is 4.79 Å². The van der Waals surface area contributed by atoms with Gasteiger partial charge in [0.05, 0.1) is 14.9 Å². The molecule has 0 saturated carbocycles. The first-order valence-electron chi connectivity index (χ1n) is 4.19. The number of halogens is 3. The largest absolute Gasteiger partial charge is 0.293 e. The van der Waals surface area contributed by atoms with E-state index in [0.29, 0.717) is 15.6 Å². The normalized spacial score (nSPS) is 12.6. The first kappa shape index (κ1) is 12.0. The molecule has 14 heavy (non-hydrogen) atoms. The lowest BCUT2D eigenvalue weighted by atomic mass is 10.1. The summed E-state index contributed by atoms with van der Waals surface area (Å²) in [6.07, 6.45) is 0.749. The molecule has 0 aliphatic rings. The van der Waals surface area contributed by atoms with E-state index in [1.54, 1.807) is 18.2 Å². The van der Waals surface area contributed by atoms with Gasteiger partial charge in [-0.25, -0.2) is 0 Å². The fraction of sp³-hybridized carbons (Fsp3) is 0.300. The Morgan fingerprint density at radius 2 is 2.07 bits per heavy atom. The maximum atomic E-state index is 11.7. The highest BCUT2D eigenvalue weighted by atomic mass is 79.9. The first-order chi connectivity index (χ1) is 6.56. The number of hydrogen-bond acceptors (Lipinski definition) is 1. The lowest BCUT2D eigenvalue weighted by Gasteiger charge is -2.06. The van der Waals surface area contributed by atoms with Gasteiger partial charge in [-0.15, -0.1) is 0 Å². The van der Waals surface area contributed by atoms with Crippen LogP contribution in [0, 0.1) is 0 Å². The van der Waals surface area contributed by atoms with Crippen LogP contribution in [-0.4, -0.2) is 10.6 Å². The average Bonchev–Trinajstić information content (AvgIpc) is 2.20. The predicted octanol–water partition coefficient (Wildman–Crippen LogP) is 4.35. The summed E-state index contributed by atoms with van der Waals surface area (Å²) in [4.78, 5) is 11.5. The minimum Gasteiger partial charge on any atom is -0.293 e. The number of Topliss-reactive ketones (excluding diaryl/α,β-unsaturated/α-hetero) is 1. The zero-order valence-electron chi connectivity index (χ0n) is 7.56. The molecular formula is C10H9BrCl2O. The van der Waals surface area contributed by atoms with Crippen LogP contribution >= 0.6 is 39.1 Å². The monoisotopic (exact) mass is 294 g/mol. The summed E-state index contributed by atoms with van der Waals surface area (Å²) in [5.41, 5.74) is 0.586. The van der Waals surface area contributed by atoms with E-state index < -0.39 is 0 Å². The summed E-state index contributed by atoms with van der Waals surface area (Å²) in [7, 11) is 0. The van der Waals surface area contributed by atoms with Crippen molar-refractivity contribution in [3.8, 4) is 0 Å². The Morgan fingerprint density at radius 1 is 1.43 bits per heavy atom. The second kappa shape index (κ2) is 5.15. The molecule has 1 aromatic carbocycles. The molecule has 76 valence electrons. The van der Waals surface area contributed by atoms with Crippen molar-refractivity contribution in [2.24, 2.45) is 0 Å². The fourth-order valence-electron chi connectivity index (χ4n) is 1.02. The Balaban J connectivity index is 2.97. The van der Waals surface area contributed by atoms with Crippen molar-refractivity contribution in [2.45, 2.75) is 18.2 Å². The van der Waals surface area contributed by atoms with Crippen LogP contribution in [0.3, 0.4) is 0 Å². The smallest absolute Gasteiger partial charge is 0.176 e. The molecule has 1 nitrogen and oxygen atoms in total. The van der Waals surface area contributed by atoms with E-state index in [1.165, 1.54) is 0 Å². The Morgan fingerprint density at radius 3 is 2.57 bits per heavy atom. The van der Waals surface area contributed by atoms with Gasteiger partial charge in [0, 0.05) is 5.56 Å². The Labute approximate surface area is 102 Å². The quantitative estimate of drug-likeness (QED) is 0.598. The van der Waals surface area contributed by atoms with Gasteiger partial charge in [-0.2, -0.15) is 0 Å². The van der Waals surface area contributed by atoms with Crippen LogP contribution in [0.4, 0.5) is 0 Å². The predicted molar refractivity (Wildman–Crippen MR) is 63.8 cm³/mol. The molecule has 1 rings (SSSR count). The highest BCUT2D eigenvalue weighted by molar-refractivity contribution is 9.10. The average molecular weight is 296 g/mol.